The Kier molecular flexibility index (Phi) is 5.99. The molecule has 1 aliphatic rings. The molecule has 2 aromatic carbocycles. The van der Waals surface area contributed by atoms with Crippen LogP contribution in [0.15, 0.2) is 42.5 Å². The van der Waals surface area contributed by atoms with Crippen molar-refractivity contribution in [3.05, 3.63) is 58.6 Å². The van der Waals surface area contributed by atoms with Crippen molar-refractivity contribution in [2.75, 3.05) is 23.4 Å². The number of aryl methyl sites for hydroxylation is 2. The summed E-state index contributed by atoms with van der Waals surface area (Å²) < 4.78 is 5.11. The Hall–Kier alpha value is -2.86. The molecule has 1 heterocycles. The normalized spacial score (nSPS) is 16.2. The number of hydrogen-bond acceptors (Lipinski definition) is 4. The molecule has 2 amide bonds. The summed E-state index contributed by atoms with van der Waals surface area (Å²) in [5, 5.41) is 3.18. The lowest BCUT2D eigenvalue weighted by Gasteiger charge is -2.18. The summed E-state index contributed by atoms with van der Waals surface area (Å²) in [6, 6.07) is 12.5. The van der Waals surface area contributed by atoms with Crippen LogP contribution in [0.4, 0.5) is 11.4 Å². The topological polar surface area (TPSA) is 75.7 Å². The van der Waals surface area contributed by atoms with Crippen molar-refractivity contribution in [3.8, 4) is 0 Å². The highest BCUT2D eigenvalue weighted by Gasteiger charge is 2.36. The zero-order valence-electron chi connectivity index (χ0n) is 15.7. The van der Waals surface area contributed by atoms with Crippen molar-refractivity contribution in [3.63, 3.8) is 0 Å². The summed E-state index contributed by atoms with van der Waals surface area (Å²) >= 11 is 5.80. The maximum atomic E-state index is 12.3. The first kappa shape index (κ1) is 19.9. The van der Waals surface area contributed by atoms with E-state index in [0.717, 1.165) is 16.8 Å². The van der Waals surface area contributed by atoms with Gasteiger partial charge in [-0.15, -0.1) is 0 Å². The summed E-state index contributed by atoms with van der Waals surface area (Å²) in [7, 11) is 0. The summed E-state index contributed by atoms with van der Waals surface area (Å²) in [5.74, 6) is -1.72. The fourth-order valence-corrected chi connectivity index (χ4v) is 3.33. The second-order valence-corrected chi connectivity index (χ2v) is 7.35. The summed E-state index contributed by atoms with van der Waals surface area (Å²) in [6.07, 6.45) is 0.0740. The second-order valence-electron chi connectivity index (χ2n) is 6.91. The number of halogens is 1. The van der Waals surface area contributed by atoms with Crippen molar-refractivity contribution in [2.24, 2.45) is 5.92 Å². The molecule has 146 valence electrons. The average Bonchev–Trinajstić information content (AvgIpc) is 3.03. The van der Waals surface area contributed by atoms with Crippen molar-refractivity contribution >= 4 is 40.8 Å². The lowest BCUT2D eigenvalue weighted by Crippen LogP contribution is -2.28. The summed E-state index contributed by atoms with van der Waals surface area (Å²) in [5.41, 5.74) is 3.43. The van der Waals surface area contributed by atoms with E-state index in [1.807, 2.05) is 32.0 Å². The molecular weight excluding hydrogens is 380 g/mol. The predicted octanol–water partition coefficient (Wildman–Crippen LogP) is 3.49. The van der Waals surface area contributed by atoms with Crippen LogP contribution in [0, 0.1) is 19.8 Å². The monoisotopic (exact) mass is 400 g/mol. The molecule has 0 aromatic heterocycles. The third-order valence-corrected chi connectivity index (χ3v) is 4.70. The van der Waals surface area contributed by atoms with Gasteiger partial charge in [-0.2, -0.15) is 0 Å². The van der Waals surface area contributed by atoms with Crippen LogP contribution >= 0.6 is 11.6 Å². The summed E-state index contributed by atoms with van der Waals surface area (Å²) in [6.45, 7) is 3.76. The van der Waals surface area contributed by atoms with E-state index in [-0.39, 0.29) is 18.9 Å². The van der Waals surface area contributed by atoms with E-state index in [0.29, 0.717) is 10.7 Å². The van der Waals surface area contributed by atoms with Crippen molar-refractivity contribution in [1.82, 2.24) is 0 Å². The molecule has 3 rings (SSSR count). The van der Waals surface area contributed by atoms with E-state index < -0.39 is 24.4 Å². The highest BCUT2D eigenvalue weighted by molar-refractivity contribution is 6.30. The fraction of sp³-hybridized carbons (Fsp3) is 0.286. The Bertz CT molecular complexity index is 891. The van der Waals surface area contributed by atoms with Gasteiger partial charge in [0, 0.05) is 29.4 Å². The molecule has 6 nitrogen and oxygen atoms in total. The van der Waals surface area contributed by atoms with Crippen LogP contribution in [0.3, 0.4) is 0 Å². The van der Waals surface area contributed by atoms with Gasteiger partial charge >= 0.3 is 5.97 Å². The van der Waals surface area contributed by atoms with Crippen LogP contribution in [0.2, 0.25) is 5.02 Å². The lowest BCUT2D eigenvalue weighted by molar-refractivity contribution is -0.151. The highest BCUT2D eigenvalue weighted by Crippen LogP contribution is 2.27. The van der Waals surface area contributed by atoms with Crippen LogP contribution in [0.1, 0.15) is 17.5 Å². The minimum atomic E-state index is -0.586. The number of rotatable bonds is 5. The van der Waals surface area contributed by atoms with Gasteiger partial charge in [-0.05, 0) is 61.4 Å². The molecule has 7 heteroatoms. The molecule has 1 aliphatic heterocycles. The van der Waals surface area contributed by atoms with Crippen LogP contribution in [0.25, 0.3) is 0 Å². The third kappa shape index (κ3) is 4.89. The highest BCUT2D eigenvalue weighted by atomic mass is 35.5. The van der Waals surface area contributed by atoms with Gasteiger partial charge < -0.3 is 15.0 Å². The number of esters is 1. The van der Waals surface area contributed by atoms with Crippen molar-refractivity contribution in [2.45, 2.75) is 20.3 Å². The Labute approximate surface area is 168 Å². The van der Waals surface area contributed by atoms with Gasteiger partial charge in [0.05, 0.1) is 5.92 Å². The number of hydrogen-bond donors (Lipinski definition) is 1. The van der Waals surface area contributed by atoms with Gasteiger partial charge in [-0.3, -0.25) is 14.4 Å². The van der Waals surface area contributed by atoms with Crippen LogP contribution < -0.4 is 10.2 Å². The largest absolute Gasteiger partial charge is 0.455 e. The number of carbonyl (C=O) groups excluding carboxylic acids is 3. The van der Waals surface area contributed by atoms with E-state index >= 15 is 0 Å². The number of nitrogens with one attached hydrogen (secondary N) is 1. The number of benzene rings is 2. The maximum Gasteiger partial charge on any atom is 0.311 e. The van der Waals surface area contributed by atoms with E-state index in [2.05, 4.69) is 5.32 Å². The Morgan fingerprint density at radius 2 is 1.79 bits per heavy atom. The van der Waals surface area contributed by atoms with Crippen LogP contribution in [0.5, 0.6) is 0 Å². The number of amides is 2. The molecule has 0 saturated carbocycles. The van der Waals surface area contributed by atoms with Gasteiger partial charge in [0.15, 0.2) is 6.61 Å². The summed E-state index contributed by atoms with van der Waals surface area (Å²) in [4.78, 5) is 38.2. The zero-order chi connectivity index (χ0) is 20.3. The molecular formula is C21H21ClN2O4. The third-order valence-electron chi connectivity index (χ3n) is 4.45. The Morgan fingerprint density at radius 1 is 1.14 bits per heavy atom. The smallest absolute Gasteiger partial charge is 0.311 e. The zero-order valence-corrected chi connectivity index (χ0v) is 16.5. The molecule has 28 heavy (non-hydrogen) atoms. The molecule has 1 N–H and O–H groups in total. The molecule has 0 spiro atoms. The van der Waals surface area contributed by atoms with Gasteiger partial charge in [0.25, 0.3) is 5.91 Å². The van der Waals surface area contributed by atoms with Crippen molar-refractivity contribution in [1.29, 1.82) is 0 Å². The maximum absolute atomic E-state index is 12.3. The SMILES string of the molecule is Cc1cc(C)cc(N2C[C@H](C(=O)OCC(=O)Nc3ccc(Cl)cc3)CC2=O)c1. The van der Waals surface area contributed by atoms with E-state index in [1.165, 1.54) is 0 Å². The van der Waals surface area contributed by atoms with Gasteiger partial charge in [0.2, 0.25) is 5.91 Å². The minimum absolute atomic E-state index is 0.0740. The quantitative estimate of drug-likeness (QED) is 0.779. The van der Waals surface area contributed by atoms with E-state index in [9.17, 15) is 14.4 Å². The second kappa shape index (κ2) is 8.44. The molecule has 0 unspecified atom stereocenters. The first-order chi connectivity index (χ1) is 13.3. The van der Waals surface area contributed by atoms with Gasteiger partial charge in [-0.25, -0.2) is 0 Å². The average molecular weight is 401 g/mol. The van der Waals surface area contributed by atoms with Crippen LogP contribution in [-0.4, -0.2) is 30.9 Å². The standard InChI is InChI=1S/C21H21ClN2O4/c1-13-7-14(2)9-18(8-13)24-11-15(10-20(24)26)21(27)28-12-19(25)23-17-5-3-16(22)4-6-17/h3-9,15H,10-12H2,1-2H3,(H,23,25)/t15-/m1/s1. The first-order valence-electron chi connectivity index (χ1n) is 8.92. The van der Waals surface area contributed by atoms with Crippen molar-refractivity contribution < 1.29 is 19.1 Å². The molecule has 0 aliphatic carbocycles. The first-order valence-corrected chi connectivity index (χ1v) is 9.30. The number of ether oxygens (including phenoxy) is 1. The molecule has 1 fully saturated rings. The van der Waals surface area contributed by atoms with Crippen LogP contribution in [-0.2, 0) is 19.1 Å². The lowest BCUT2D eigenvalue weighted by atomic mass is 10.1. The Morgan fingerprint density at radius 3 is 2.43 bits per heavy atom. The van der Waals surface area contributed by atoms with Gasteiger partial charge in [-0.1, -0.05) is 17.7 Å². The van der Waals surface area contributed by atoms with E-state index in [1.54, 1.807) is 29.2 Å². The Balaban J connectivity index is 1.54. The fourth-order valence-electron chi connectivity index (χ4n) is 3.21. The number of anilines is 2. The number of nitrogens with zero attached hydrogens (tertiary/aromatic N) is 1. The minimum Gasteiger partial charge on any atom is -0.455 e. The molecule has 2 aromatic rings. The molecule has 0 bridgehead atoms. The molecule has 1 saturated heterocycles. The van der Waals surface area contributed by atoms with E-state index in [4.69, 9.17) is 16.3 Å². The molecule has 0 radical (unpaired) electrons. The number of carbonyl (C=O) groups is 3. The predicted molar refractivity (Wildman–Crippen MR) is 107 cm³/mol. The van der Waals surface area contributed by atoms with Gasteiger partial charge in [0.1, 0.15) is 0 Å². The molecule has 1 atom stereocenters.